The normalized spacial score (nSPS) is 12.0. The Bertz CT molecular complexity index is 1370. The van der Waals surface area contributed by atoms with Gasteiger partial charge in [0.2, 0.25) is 21.8 Å². The molecule has 0 aliphatic rings. The highest BCUT2D eigenvalue weighted by atomic mass is 79.9. The molecule has 0 spiro atoms. The van der Waals surface area contributed by atoms with Gasteiger partial charge in [0.1, 0.15) is 12.6 Å². The maximum atomic E-state index is 14.0. The Kier molecular flexibility index (Phi) is 11.6. The van der Waals surface area contributed by atoms with Crippen LogP contribution in [0.15, 0.2) is 87.8 Å². The van der Waals surface area contributed by atoms with E-state index in [0.29, 0.717) is 16.7 Å². The predicted octanol–water partition coefficient (Wildman–Crippen LogP) is 5.53. The maximum Gasteiger partial charge on any atom is 0.244 e. The molecule has 39 heavy (non-hydrogen) atoms. The summed E-state index contributed by atoms with van der Waals surface area (Å²) in [5.41, 5.74) is 2.06. The second kappa shape index (κ2) is 14.6. The third kappa shape index (κ3) is 9.47. The number of rotatable bonds is 13. The third-order valence-corrected chi connectivity index (χ3v) is 8.25. The first-order valence-corrected chi connectivity index (χ1v) is 16.1. The Morgan fingerprint density at radius 2 is 1.54 bits per heavy atom. The molecule has 0 fully saturated rings. The molecule has 1 atom stereocenters. The Balaban J connectivity index is 2.03. The van der Waals surface area contributed by atoms with Crippen molar-refractivity contribution in [1.29, 1.82) is 0 Å². The van der Waals surface area contributed by atoms with Gasteiger partial charge in [-0.05, 0) is 47.9 Å². The molecule has 0 aliphatic carbocycles. The van der Waals surface area contributed by atoms with Gasteiger partial charge in [0, 0.05) is 28.5 Å². The van der Waals surface area contributed by atoms with E-state index in [1.807, 2.05) is 61.5 Å². The summed E-state index contributed by atoms with van der Waals surface area (Å²) < 4.78 is 28.3. The first kappa shape index (κ1) is 30.8. The molecule has 0 bridgehead atoms. The summed E-state index contributed by atoms with van der Waals surface area (Å²) in [7, 11) is -3.81. The van der Waals surface area contributed by atoms with Crippen LogP contribution in [0.1, 0.15) is 30.9 Å². The van der Waals surface area contributed by atoms with E-state index in [9.17, 15) is 18.0 Å². The molecule has 1 unspecified atom stereocenters. The van der Waals surface area contributed by atoms with Gasteiger partial charge >= 0.3 is 0 Å². The number of carbonyl (C=O) groups excluding carboxylic acids is 2. The molecule has 0 saturated heterocycles. The van der Waals surface area contributed by atoms with Crippen LogP contribution in [0.25, 0.3) is 0 Å². The van der Waals surface area contributed by atoms with Crippen LogP contribution in [0.4, 0.5) is 5.69 Å². The average Bonchev–Trinajstić information content (AvgIpc) is 2.89. The highest BCUT2D eigenvalue weighted by molar-refractivity contribution is 9.10. The SMILES string of the molecule is CCCCNC(=O)C(Cc1ccccc1)N(Cc1cccc(Br)c1)C(=O)CN(c1cccc(Br)c1)S(C)(=O)=O. The minimum absolute atomic E-state index is 0.132. The first-order valence-electron chi connectivity index (χ1n) is 12.7. The van der Waals surface area contributed by atoms with Gasteiger partial charge in [-0.1, -0.05) is 93.7 Å². The van der Waals surface area contributed by atoms with Crippen LogP contribution in [-0.2, 0) is 32.6 Å². The average molecular weight is 679 g/mol. The molecule has 1 N–H and O–H groups in total. The van der Waals surface area contributed by atoms with Crippen LogP contribution in [0.2, 0.25) is 0 Å². The summed E-state index contributed by atoms with van der Waals surface area (Å²) in [5.74, 6) is -0.754. The van der Waals surface area contributed by atoms with E-state index in [0.717, 1.165) is 39.0 Å². The molecular weight excluding hydrogens is 646 g/mol. The van der Waals surface area contributed by atoms with Crippen LogP contribution < -0.4 is 9.62 Å². The van der Waals surface area contributed by atoms with Crippen molar-refractivity contribution in [2.45, 2.75) is 38.8 Å². The molecule has 2 amide bonds. The topological polar surface area (TPSA) is 86.8 Å². The molecule has 3 rings (SSSR count). The van der Waals surface area contributed by atoms with Gasteiger partial charge < -0.3 is 10.2 Å². The van der Waals surface area contributed by atoms with Crippen LogP contribution in [-0.4, -0.2) is 50.5 Å². The van der Waals surface area contributed by atoms with Crippen LogP contribution in [0.3, 0.4) is 0 Å². The van der Waals surface area contributed by atoms with Gasteiger partial charge in [0.25, 0.3) is 0 Å². The number of amides is 2. The van der Waals surface area contributed by atoms with Gasteiger partial charge in [-0.3, -0.25) is 13.9 Å². The summed E-state index contributed by atoms with van der Waals surface area (Å²) in [6, 6.07) is 22.9. The number of halogens is 2. The number of hydrogen-bond acceptors (Lipinski definition) is 4. The van der Waals surface area contributed by atoms with Crippen molar-refractivity contribution in [3.8, 4) is 0 Å². The summed E-state index contributed by atoms with van der Waals surface area (Å²) in [5, 5.41) is 2.98. The summed E-state index contributed by atoms with van der Waals surface area (Å²) in [4.78, 5) is 29.1. The number of hydrogen-bond donors (Lipinski definition) is 1. The van der Waals surface area contributed by atoms with Crippen molar-refractivity contribution in [3.05, 3.63) is 98.9 Å². The lowest BCUT2D eigenvalue weighted by Gasteiger charge is -2.33. The molecule has 0 saturated carbocycles. The van der Waals surface area contributed by atoms with Crippen molar-refractivity contribution < 1.29 is 18.0 Å². The summed E-state index contributed by atoms with van der Waals surface area (Å²) >= 11 is 6.86. The molecule has 10 heteroatoms. The van der Waals surface area contributed by atoms with Crippen molar-refractivity contribution in [3.63, 3.8) is 0 Å². The lowest BCUT2D eigenvalue weighted by Crippen LogP contribution is -2.53. The van der Waals surface area contributed by atoms with E-state index in [2.05, 4.69) is 37.2 Å². The van der Waals surface area contributed by atoms with Gasteiger partial charge in [-0.2, -0.15) is 0 Å². The fourth-order valence-electron chi connectivity index (χ4n) is 4.14. The van der Waals surface area contributed by atoms with Crippen LogP contribution >= 0.6 is 31.9 Å². The predicted molar refractivity (Wildman–Crippen MR) is 163 cm³/mol. The fraction of sp³-hybridized carbons (Fsp3) is 0.310. The fourth-order valence-corrected chi connectivity index (χ4v) is 5.81. The molecule has 3 aromatic rings. The van der Waals surface area contributed by atoms with Gasteiger partial charge in [-0.15, -0.1) is 0 Å². The van der Waals surface area contributed by atoms with E-state index >= 15 is 0 Å². The van der Waals surface area contributed by atoms with Crippen molar-refractivity contribution >= 4 is 59.4 Å². The van der Waals surface area contributed by atoms with Crippen molar-refractivity contribution in [2.75, 3.05) is 23.7 Å². The molecule has 208 valence electrons. The van der Waals surface area contributed by atoms with Gasteiger partial charge in [-0.25, -0.2) is 8.42 Å². The summed E-state index contributed by atoms with van der Waals surface area (Å²) in [6.07, 6.45) is 3.08. The first-order chi connectivity index (χ1) is 18.6. The molecular formula is C29H33Br2N3O4S. The molecule has 0 aliphatic heterocycles. The zero-order valence-corrected chi connectivity index (χ0v) is 26.0. The molecule has 7 nitrogen and oxygen atoms in total. The van der Waals surface area contributed by atoms with Crippen molar-refractivity contribution in [2.24, 2.45) is 0 Å². The van der Waals surface area contributed by atoms with E-state index < -0.39 is 28.5 Å². The zero-order valence-electron chi connectivity index (χ0n) is 22.0. The number of unbranched alkanes of at least 4 members (excludes halogenated alkanes) is 1. The number of anilines is 1. The zero-order chi connectivity index (χ0) is 28.4. The van der Waals surface area contributed by atoms with Crippen molar-refractivity contribution in [1.82, 2.24) is 10.2 Å². The second-order valence-electron chi connectivity index (χ2n) is 9.25. The van der Waals surface area contributed by atoms with E-state index in [1.54, 1.807) is 24.3 Å². The number of carbonyl (C=O) groups is 2. The van der Waals surface area contributed by atoms with Gasteiger partial charge in [0.15, 0.2) is 0 Å². The minimum Gasteiger partial charge on any atom is -0.354 e. The second-order valence-corrected chi connectivity index (χ2v) is 13.0. The van der Waals surface area contributed by atoms with E-state index in [4.69, 9.17) is 0 Å². The third-order valence-electron chi connectivity index (χ3n) is 6.12. The van der Waals surface area contributed by atoms with Crippen LogP contribution in [0.5, 0.6) is 0 Å². The molecule has 0 heterocycles. The Hall–Kier alpha value is -2.69. The highest BCUT2D eigenvalue weighted by Crippen LogP contribution is 2.24. The van der Waals surface area contributed by atoms with E-state index in [-0.39, 0.29) is 18.9 Å². The Morgan fingerprint density at radius 3 is 2.15 bits per heavy atom. The van der Waals surface area contributed by atoms with Crippen LogP contribution in [0, 0.1) is 0 Å². The monoisotopic (exact) mass is 677 g/mol. The maximum absolute atomic E-state index is 14.0. The molecule has 3 aromatic carbocycles. The molecule has 0 aromatic heterocycles. The summed E-state index contributed by atoms with van der Waals surface area (Å²) in [6.45, 7) is 2.22. The number of nitrogens with one attached hydrogen (secondary N) is 1. The van der Waals surface area contributed by atoms with Gasteiger partial charge in [0.05, 0.1) is 11.9 Å². The minimum atomic E-state index is -3.81. The quantitative estimate of drug-likeness (QED) is 0.241. The Morgan fingerprint density at radius 1 is 0.897 bits per heavy atom. The number of nitrogens with zero attached hydrogens (tertiary/aromatic N) is 2. The van der Waals surface area contributed by atoms with E-state index in [1.165, 1.54) is 4.90 Å². The number of sulfonamides is 1. The number of benzene rings is 3. The smallest absolute Gasteiger partial charge is 0.244 e. The lowest BCUT2D eigenvalue weighted by molar-refractivity contribution is -0.140. The molecule has 0 radical (unpaired) electrons. The Labute approximate surface area is 247 Å². The highest BCUT2D eigenvalue weighted by Gasteiger charge is 2.33. The standard InChI is InChI=1S/C29H33Br2N3O4S/c1-3-4-16-32-29(36)27(18-22-10-6-5-7-11-22)33(20-23-12-8-13-24(30)17-23)28(35)21-34(39(2,37)38)26-15-9-14-25(31)19-26/h5-15,17,19,27H,3-4,16,18,20-21H2,1-2H3,(H,32,36). The lowest BCUT2D eigenvalue weighted by atomic mass is 10.0. The largest absolute Gasteiger partial charge is 0.354 e.